The SMILES string of the molecule is CC1=NCC(/C=C/CN(C)C)C=C1. The lowest BCUT2D eigenvalue weighted by atomic mass is 10.1. The smallest absolute Gasteiger partial charge is 0.0490 e. The largest absolute Gasteiger partial charge is 0.306 e. The first-order chi connectivity index (χ1) is 6.18. The summed E-state index contributed by atoms with van der Waals surface area (Å²) >= 11 is 0. The van der Waals surface area contributed by atoms with Gasteiger partial charge in [-0.15, -0.1) is 0 Å². The molecule has 0 bridgehead atoms. The van der Waals surface area contributed by atoms with Crippen LogP contribution < -0.4 is 0 Å². The van der Waals surface area contributed by atoms with Gasteiger partial charge in [-0.3, -0.25) is 4.99 Å². The third kappa shape index (κ3) is 4.04. The molecule has 0 aromatic rings. The highest BCUT2D eigenvalue weighted by Crippen LogP contribution is 2.07. The Balaban J connectivity index is 2.32. The Labute approximate surface area is 80.7 Å². The van der Waals surface area contributed by atoms with Gasteiger partial charge in [0.05, 0.1) is 0 Å². The Morgan fingerprint density at radius 3 is 2.92 bits per heavy atom. The van der Waals surface area contributed by atoms with Gasteiger partial charge in [-0.1, -0.05) is 18.2 Å². The van der Waals surface area contributed by atoms with Crippen LogP contribution in [0.25, 0.3) is 0 Å². The first kappa shape index (κ1) is 10.2. The molecule has 2 heteroatoms. The second kappa shape index (κ2) is 4.97. The maximum Gasteiger partial charge on any atom is 0.0490 e. The first-order valence-corrected chi connectivity index (χ1v) is 4.69. The molecule has 0 fully saturated rings. The van der Waals surface area contributed by atoms with Crippen molar-refractivity contribution in [3.63, 3.8) is 0 Å². The second-order valence-electron chi connectivity index (χ2n) is 3.70. The van der Waals surface area contributed by atoms with Gasteiger partial charge in [-0.25, -0.2) is 0 Å². The van der Waals surface area contributed by atoms with Crippen LogP contribution >= 0.6 is 0 Å². The normalized spacial score (nSPS) is 22.8. The lowest BCUT2D eigenvalue weighted by Gasteiger charge is -2.10. The van der Waals surface area contributed by atoms with E-state index in [1.807, 2.05) is 6.92 Å². The molecule has 0 aromatic heterocycles. The molecule has 0 saturated carbocycles. The molecule has 0 spiro atoms. The Morgan fingerprint density at radius 1 is 1.62 bits per heavy atom. The van der Waals surface area contributed by atoms with Crippen molar-refractivity contribution in [3.8, 4) is 0 Å². The zero-order valence-corrected chi connectivity index (χ0v) is 8.70. The molecule has 0 N–H and O–H groups in total. The first-order valence-electron chi connectivity index (χ1n) is 4.69. The quantitative estimate of drug-likeness (QED) is 0.601. The molecule has 0 aliphatic carbocycles. The molecule has 72 valence electrons. The molecule has 1 atom stereocenters. The van der Waals surface area contributed by atoms with Gasteiger partial charge in [0.25, 0.3) is 0 Å². The fourth-order valence-electron chi connectivity index (χ4n) is 1.20. The van der Waals surface area contributed by atoms with Gasteiger partial charge in [-0.2, -0.15) is 0 Å². The van der Waals surface area contributed by atoms with E-state index in [9.17, 15) is 0 Å². The predicted octanol–water partition coefficient (Wildman–Crippen LogP) is 1.75. The lowest BCUT2D eigenvalue weighted by Crippen LogP contribution is -2.11. The minimum Gasteiger partial charge on any atom is -0.306 e. The van der Waals surface area contributed by atoms with Crippen molar-refractivity contribution < 1.29 is 0 Å². The van der Waals surface area contributed by atoms with Gasteiger partial charge in [-0.05, 0) is 27.1 Å². The van der Waals surface area contributed by atoms with Crippen LogP contribution in [0.2, 0.25) is 0 Å². The predicted molar refractivity (Wildman–Crippen MR) is 58.3 cm³/mol. The Morgan fingerprint density at radius 2 is 2.38 bits per heavy atom. The molecule has 13 heavy (non-hydrogen) atoms. The zero-order chi connectivity index (χ0) is 9.68. The maximum absolute atomic E-state index is 4.37. The number of rotatable bonds is 3. The number of hydrogen-bond donors (Lipinski definition) is 0. The van der Waals surface area contributed by atoms with Crippen LogP contribution in [-0.4, -0.2) is 37.8 Å². The van der Waals surface area contributed by atoms with E-state index in [4.69, 9.17) is 0 Å². The number of nitrogens with zero attached hydrogens (tertiary/aromatic N) is 2. The summed E-state index contributed by atoms with van der Waals surface area (Å²) in [5, 5.41) is 0. The minimum absolute atomic E-state index is 0.503. The second-order valence-corrected chi connectivity index (χ2v) is 3.70. The van der Waals surface area contributed by atoms with Crippen molar-refractivity contribution in [1.29, 1.82) is 0 Å². The molecule has 1 aliphatic rings. The topological polar surface area (TPSA) is 15.6 Å². The molecule has 0 saturated heterocycles. The van der Waals surface area contributed by atoms with E-state index in [0.29, 0.717) is 5.92 Å². The molecule has 1 aliphatic heterocycles. The zero-order valence-electron chi connectivity index (χ0n) is 8.70. The van der Waals surface area contributed by atoms with E-state index < -0.39 is 0 Å². The van der Waals surface area contributed by atoms with E-state index >= 15 is 0 Å². The monoisotopic (exact) mass is 178 g/mol. The van der Waals surface area contributed by atoms with Crippen LogP contribution in [0, 0.1) is 5.92 Å². The van der Waals surface area contributed by atoms with E-state index in [1.54, 1.807) is 0 Å². The van der Waals surface area contributed by atoms with Crippen LogP contribution in [-0.2, 0) is 0 Å². The highest BCUT2D eigenvalue weighted by molar-refractivity contribution is 5.93. The Hall–Kier alpha value is -0.890. The van der Waals surface area contributed by atoms with E-state index in [-0.39, 0.29) is 0 Å². The Bertz CT molecular complexity index is 236. The van der Waals surface area contributed by atoms with E-state index in [2.05, 4.69) is 48.3 Å². The third-order valence-corrected chi connectivity index (χ3v) is 1.99. The van der Waals surface area contributed by atoms with Crippen molar-refractivity contribution in [3.05, 3.63) is 24.3 Å². The van der Waals surface area contributed by atoms with Crippen LogP contribution in [0.5, 0.6) is 0 Å². The molecular weight excluding hydrogens is 160 g/mol. The molecule has 1 unspecified atom stereocenters. The highest BCUT2D eigenvalue weighted by Gasteiger charge is 2.02. The fraction of sp³-hybridized carbons (Fsp3) is 0.545. The van der Waals surface area contributed by atoms with Gasteiger partial charge < -0.3 is 4.90 Å². The summed E-state index contributed by atoms with van der Waals surface area (Å²) in [5.74, 6) is 0.503. The average molecular weight is 178 g/mol. The summed E-state index contributed by atoms with van der Waals surface area (Å²) in [5.41, 5.74) is 1.14. The fourth-order valence-corrected chi connectivity index (χ4v) is 1.20. The van der Waals surface area contributed by atoms with Crippen molar-refractivity contribution >= 4 is 5.71 Å². The molecule has 1 rings (SSSR count). The van der Waals surface area contributed by atoms with Gasteiger partial charge in [0, 0.05) is 24.7 Å². The molecular formula is C11H18N2. The van der Waals surface area contributed by atoms with Crippen LogP contribution in [0.15, 0.2) is 29.3 Å². The number of dihydropyridines is 1. The van der Waals surface area contributed by atoms with Crippen molar-refractivity contribution in [1.82, 2.24) is 4.90 Å². The number of hydrogen-bond acceptors (Lipinski definition) is 2. The number of likely N-dealkylation sites (N-methyl/N-ethyl adjacent to an activating group) is 1. The summed E-state index contributed by atoms with van der Waals surface area (Å²) in [6.45, 7) is 3.95. The summed E-state index contributed by atoms with van der Waals surface area (Å²) in [7, 11) is 4.15. The van der Waals surface area contributed by atoms with Crippen molar-refractivity contribution in [2.45, 2.75) is 6.92 Å². The summed E-state index contributed by atoms with van der Waals surface area (Å²) in [6, 6.07) is 0. The third-order valence-electron chi connectivity index (χ3n) is 1.99. The van der Waals surface area contributed by atoms with Gasteiger partial charge >= 0.3 is 0 Å². The molecule has 0 radical (unpaired) electrons. The molecule has 2 nitrogen and oxygen atoms in total. The summed E-state index contributed by atoms with van der Waals surface area (Å²) in [6.07, 6.45) is 8.74. The standard InChI is InChI=1S/C11H18N2/c1-10-6-7-11(9-12-10)5-4-8-13(2)3/h4-7,11H,8-9H2,1-3H3/b5-4+. The summed E-state index contributed by atoms with van der Waals surface area (Å²) < 4.78 is 0. The number of aliphatic imine (C=N–C) groups is 1. The Kier molecular flexibility index (Phi) is 3.90. The minimum atomic E-state index is 0.503. The molecule has 0 amide bonds. The van der Waals surface area contributed by atoms with Crippen molar-refractivity contribution in [2.75, 3.05) is 27.2 Å². The van der Waals surface area contributed by atoms with Crippen LogP contribution in [0.3, 0.4) is 0 Å². The number of allylic oxidation sites excluding steroid dienone is 1. The van der Waals surface area contributed by atoms with Gasteiger partial charge in [0.1, 0.15) is 0 Å². The average Bonchev–Trinajstić information content (AvgIpc) is 2.08. The highest BCUT2D eigenvalue weighted by atomic mass is 15.0. The van der Waals surface area contributed by atoms with Gasteiger partial charge in [0.15, 0.2) is 0 Å². The molecule has 1 heterocycles. The summed E-state index contributed by atoms with van der Waals surface area (Å²) in [4.78, 5) is 6.52. The maximum atomic E-state index is 4.37. The lowest BCUT2D eigenvalue weighted by molar-refractivity contribution is 0.455. The van der Waals surface area contributed by atoms with E-state index in [0.717, 1.165) is 18.8 Å². The van der Waals surface area contributed by atoms with Crippen molar-refractivity contribution in [2.24, 2.45) is 10.9 Å². The molecule has 0 aromatic carbocycles. The van der Waals surface area contributed by atoms with Gasteiger partial charge in [0.2, 0.25) is 0 Å². The van der Waals surface area contributed by atoms with E-state index in [1.165, 1.54) is 0 Å². The van der Waals surface area contributed by atoms with Crippen LogP contribution in [0.1, 0.15) is 6.92 Å². The van der Waals surface area contributed by atoms with Crippen LogP contribution in [0.4, 0.5) is 0 Å².